The van der Waals surface area contributed by atoms with E-state index in [9.17, 15) is 19.1 Å². The molecular weight excluding hydrogens is 427 g/mol. The first-order valence-corrected chi connectivity index (χ1v) is 10.6. The molecule has 3 heterocycles. The van der Waals surface area contributed by atoms with Gasteiger partial charge in [0.05, 0.1) is 23.9 Å². The van der Waals surface area contributed by atoms with Crippen LogP contribution in [0.4, 0.5) is 14.9 Å². The van der Waals surface area contributed by atoms with Gasteiger partial charge in [-0.1, -0.05) is 6.08 Å². The molecule has 10 heteroatoms. The van der Waals surface area contributed by atoms with Crippen molar-refractivity contribution < 1.29 is 19.1 Å². The number of amides is 3. The summed E-state index contributed by atoms with van der Waals surface area (Å²) in [5.74, 6) is -1.12. The standard InChI is InChI=1S/C23H25FN6O3/c1-4-20(31)15-10-28(3)22(32)21-17-12-29(13(2)7-19(17)27-30(21)11-15)23(33)26-16-5-6-18(24)14(8-16)9-25/h4-6,8,13,15,20,31H,1,7,10-12H2,2-3H3,(H,26,33)/t13-,15+,20+/m1/s1. The number of nitriles is 1. The molecule has 3 atom stereocenters. The Morgan fingerprint density at radius 1 is 1.45 bits per heavy atom. The van der Waals surface area contributed by atoms with Crippen molar-refractivity contribution in [3.05, 3.63) is 59.2 Å². The van der Waals surface area contributed by atoms with Crippen molar-refractivity contribution in [3.63, 3.8) is 0 Å². The van der Waals surface area contributed by atoms with Crippen LogP contribution >= 0.6 is 0 Å². The van der Waals surface area contributed by atoms with Gasteiger partial charge in [0, 0.05) is 49.8 Å². The van der Waals surface area contributed by atoms with Gasteiger partial charge >= 0.3 is 6.03 Å². The van der Waals surface area contributed by atoms with Crippen LogP contribution in [0.3, 0.4) is 0 Å². The fourth-order valence-corrected chi connectivity index (χ4v) is 4.43. The first kappa shape index (κ1) is 22.5. The summed E-state index contributed by atoms with van der Waals surface area (Å²) >= 11 is 0. The van der Waals surface area contributed by atoms with Crippen LogP contribution in [-0.2, 0) is 19.5 Å². The van der Waals surface area contributed by atoms with Crippen LogP contribution in [0.15, 0.2) is 30.9 Å². The van der Waals surface area contributed by atoms with Crippen LogP contribution in [0.1, 0.15) is 34.2 Å². The first-order valence-electron chi connectivity index (χ1n) is 10.6. The van der Waals surface area contributed by atoms with Gasteiger partial charge in [0.1, 0.15) is 17.6 Å². The maximum Gasteiger partial charge on any atom is 0.322 e. The number of aromatic nitrogens is 2. The second kappa shape index (κ2) is 8.67. The lowest BCUT2D eigenvalue weighted by molar-refractivity contribution is 0.0724. The van der Waals surface area contributed by atoms with Gasteiger partial charge in [-0.15, -0.1) is 6.58 Å². The van der Waals surface area contributed by atoms with Crippen molar-refractivity contribution >= 4 is 17.6 Å². The molecule has 1 aromatic heterocycles. The molecule has 1 aromatic carbocycles. The number of carbonyl (C=O) groups is 2. The minimum atomic E-state index is -0.775. The number of anilines is 1. The number of rotatable bonds is 3. The van der Waals surface area contributed by atoms with Crippen LogP contribution in [0.2, 0.25) is 0 Å². The normalized spacial score (nSPS) is 20.9. The topological polar surface area (TPSA) is 114 Å². The molecule has 0 unspecified atom stereocenters. The van der Waals surface area contributed by atoms with E-state index in [-0.39, 0.29) is 30.0 Å². The number of urea groups is 1. The highest BCUT2D eigenvalue weighted by Gasteiger charge is 2.37. The van der Waals surface area contributed by atoms with Crippen LogP contribution in [-0.4, -0.2) is 62.4 Å². The molecule has 172 valence electrons. The quantitative estimate of drug-likeness (QED) is 0.693. The number of carbonyl (C=O) groups excluding carboxylic acids is 2. The highest BCUT2D eigenvalue weighted by molar-refractivity contribution is 5.95. The molecular formula is C23H25FN6O3. The van der Waals surface area contributed by atoms with Gasteiger partial charge in [0.15, 0.2) is 0 Å². The summed E-state index contributed by atoms with van der Waals surface area (Å²) in [6.07, 6.45) is 1.14. The zero-order valence-corrected chi connectivity index (χ0v) is 18.5. The third kappa shape index (κ3) is 4.07. The molecule has 2 N–H and O–H groups in total. The molecule has 0 saturated carbocycles. The van der Waals surface area contributed by atoms with E-state index in [4.69, 9.17) is 5.26 Å². The lowest BCUT2D eigenvalue weighted by Gasteiger charge is -2.33. The number of benzene rings is 1. The lowest BCUT2D eigenvalue weighted by Crippen LogP contribution is -2.45. The fraction of sp³-hybridized carbons (Fsp3) is 0.391. The number of hydrogen-bond acceptors (Lipinski definition) is 5. The summed E-state index contributed by atoms with van der Waals surface area (Å²) in [7, 11) is 1.68. The van der Waals surface area contributed by atoms with Crippen molar-refractivity contribution in [1.82, 2.24) is 19.6 Å². The molecule has 0 fully saturated rings. The lowest BCUT2D eigenvalue weighted by atomic mass is 9.99. The van der Waals surface area contributed by atoms with Gasteiger partial charge in [-0.3, -0.25) is 9.48 Å². The SMILES string of the molecule is C=C[C@H](O)[C@H]1CN(C)C(=O)c2c3c(nn2C1)C[C@@H](C)N(C(=O)Nc1ccc(F)c(C#N)c1)C3. The number of hydrogen-bond donors (Lipinski definition) is 2. The third-order valence-corrected chi connectivity index (χ3v) is 6.27. The highest BCUT2D eigenvalue weighted by Crippen LogP contribution is 2.30. The highest BCUT2D eigenvalue weighted by atomic mass is 19.1. The summed E-state index contributed by atoms with van der Waals surface area (Å²) in [5, 5.41) is 26.7. The average molecular weight is 452 g/mol. The smallest absolute Gasteiger partial charge is 0.322 e. The Bertz CT molecular complexity index is 1170. The van der Waals surface area contributed by atoms with E-state index in [1.165, 1.54) is 18.2 Å². The van der Waals surface area contributed by atoms with Crippen molar-refractivity contribution in [1.29, 1.82) is 5.26 Å². The van der Waals surface area contributed by atoms with Gasteiger partial charge in [-0.25, -0.2) is 9.18 Å². The van der Waals surface area contributed by atoms with Crippen molar-refractivity contribution in [3.8, 4) is 6.07 Å². The number of aliphatic hydroxyl groups is 1. The van der Waals surface area contributed by atoms with Gasteiger partial charge in [0.2, 0.25) is 0 Å². The summed E-state index contributed by atoms with van der Waals surface area (Å²) in [6.45, 7) is 6.43. The predicted octanol–water partition coefficient (Wildman–Crippen LogP) is 2.12. The summed E-state index contributed by atoms with van der Waals surface area (Å²) < 4.78 is 15.2. The molecule has 33 heavy (non-hydrogen) atoms. The zero-order valence-electron chi connectivity index (χ0n) is 18.5. The van der Waals surface area contributed by atoms with Crippen molar-refractivity contribution in [2.75, 3.05) is 18.9 Å². The Labute approximate surface area is 190 Å². The molecule has 0 aliphatic carbocycles. The van der Waals surface area contributed by atoms with Gasteiger partial charge < -0.3 is 20.2 Å². The van der Waals surface area contributed by atoms with E-state index in [1.54, 1.807) is 27.6 Å². The second-order valence-electron chi connectivity index (χ2n) is 8.55. The van der Waals surface area contributed by atoms with E-state index in [1.807, 2.05) is 6.92 Å². The molecule has 0 spiro atoms. The summed E-state index contributed by atoms with van der Waals surface area (Å²) in [6, 6.07) is 4.94. The molecule has 0 saturated heterocycles. The number of fused-ring (bicyclic) bond motifs is 3. The Hall–Kier alpha value is -3.71. The zero-order chi connectivity index (χ0) is 23.9. The fourth-order valence-electron chi connectivity index (χ4n) is 4.43. The molecule has 2 aliphatic rings. The summed E-state index contributed by atoms with van der Waals surface area (Å²) in [5.41, 5.74) is 2.01. The van der Waals surface area contributed by atoms with E-state index in [0.29, 0.717) is 36.5 Å². The van der Waals surface area contributed by atoms with Crippen LogP contribution in [0.25, 0.3) is 0 Å². The van der Waals surface area contributed by atoms with Crippen LogP contribution in [0, 0.1) is 23.1 Å². The molecule has 3 amide bonds. The number of aliphatic hydroxyl groups excluding tert-OH is 1. The summed E-state index contributed by atoms with van der Waals surface area (Å²) in [4.78, 5) is 29.3. The van der Waals surface area contributed by atoms with Crippen LogP contribution in [0.5, 0.6) is 0 Å². The Balaban J connectivity index is 1.62. The van der Waals surface area contributed by atoms with Crippen molar-refractivity contribution in [2.45, 2.75) is 38.6 Å². The maximum absolute atomic E-state index is 13.6. The van der Waals surface area contributed by atoms with Crippen LogP contribution < -0.4 is 5.32 Å². The van der Waals surface area contributed by atoms with E-state index in [0.717, 1.165) is 11.8 Å². The molecule has 4 rings (SSSR count). The van der Waals surface area contributed by atoms with Gasteiger partial charge in [-0.2, -0.15) is 10.4 Å². The Kier molecular flexibility index (Phi) is 5.91. The minimum Gasteiger partial charge on any atom is -0.389 e. The molecule has 0 radical (unpaired) electrons. The second-order valence-corrected chi connectivity index (χ2v) is 8.55. The van der Waals surface area contributed by atoms with Gasteiger partial charge in [-0.05, 0) is 25.1 Å². The minimum absolute atomic E-state index is 0.159. The van der Waals surface area contributed by atoms with E-state index in [2.05, 4.69) is 17.0 Å². The number of nitrogens with zero attached hydrogens (tertiary/aromatic N) is 5. The third-order valence-electron chi connectivity index (χ3n) is 6.27. The first-order chi connectivity index (χ1) is 15.7. The van der Waals surface area contributed by atoms with Crippen molar-refractivity contribution in [2.24, 2.45) is 5.92 Å². The molecule has 0 bridgehead atoms. The average Bonchev–Trinajstić information content (AvgIpc) is 3.08. The number of nitrogens with one attached hydrogen (secondary N) is 1. The monoisotopic (exact) mass is 452 g/mol. The molecule has 2 aliphatic heterocycles. The van der Waals surface area contributed by atoms with E-state index < -0.39 is 18.0 Å². The number of halogens is 1. The van der Waals surface area contributed by atoms with E-state index >= 15 is 0 Å². The Morgan fingerprint density at radius 3 is 2.91 bits per heavy atom. The predicted molar refractivity (Wildman–Crippen MR) is 118 cm³/mol. The maximum atomic E-state index is 13.6. The largest absolute Gasteiger partial charge is 0.389 e. The molecule has 9 nitrogen and oxygen atoms in total. The molecule has 2 aromatic rings. The van der Waals surface area contributed by atoms with Gasteiger partial charge in [0.25, 0.3) is 5.91 Å². The Morgan fingerprint density at radius 2 is 2.21 bits per heavy atom.